The SMILES string of the molecule is O=CC(c1ccon1)C(Cl)c1ccccc1. The second kappa shape index (κ2) is 4.94. The van der Waals surface area contributed by atoms with Crippen LogP contribution in [-0.2, 0) is 4.79 Å². The fourth-order valence-corrected chi connectivity index (χ4v) is 1.86. The van der Waals surface area contributed by atoms with Gasteiger partial charge in [0.05, 0.1) is 17.0 Å². The molecular weight excluding hydrogens is 226 g/mol. The molecule has 0 aliphatic carbocycles. The topological polar surface area (TPSA) is 43.1 Å². The summed E-state index contributed by atoms with van der Waals surface area (Å²) in [5, 5.41) is 3.32. The van der Waals surface area contributed by atoms with Crippen LogP contribution in [0.5, 0.6) is 0 Å². The lowest BCUT2D eigenvalue weighted by molar-refractivity contribution is -0.109. The smallest absolute Gasteiger partial charge is 0.131 e. The van der Waals surface area contributed by atoms with E-state index in [9.17, 15) is 4.79 Å². The molecule has 0 bridgehead atoms. The maximum absolute atomic E-state index is 11.1. The van der Waals surface area contributed by atoms with Crippen LogP contribution in [0.15, 0.2) is 47.2 Å². The van der Waals surface area contributed by atoms with Crippen LogP contribution in [-0.4, -0.2) is 11.4 Å². The molecule has 0 fully saturated rings. The fraction of sp³-hybridized carbons (Fsp3) is 0.167. The Labute approximate surface area is 98.0 Å². The van der Waals surface area contributed by atoms with Gasteiger partial charge in [0.15, 0.2) is 0 Å². The quantitative estimate of drug-likeness (QED) is 0.605. The van der Waals surface area contributed by atoms with Gasteiger partial charge >= 0.3 is 0 Å². The van der Waals surface area contributed by atoms with E-state index in [-0.39, 0.29) is 0 Å². The number of hydrogen-bond acceptors (Lipinski definition) is 3. The molecule has 0 saturated carbocycles. The molecule has 0 N–H and O–H groups in total. The van der Waals surface area contributed by atoms with Gasteiger partial charge in [0.2, 0.25) is 0 Å². The van der Waals surface area contributed by atoms with E-state index in [4.69, 9.17) is 16.1 Å². The molecule has 82 valence electrons. The number of carbonyl (C=O) groups excluding carboxylic acids is 1. The van der Waals surface area contributed by atoms with Gasteiger partial charge in [-0.1, -0.05) is 35.5 Å². The highest BCUT2D eigenvalue weighted by Crippen LogP contribution is 2.33. The van der Waals surface area contributed by atoms with Crippen molar-refractivity contribution in [1.82, 2.24) is 5.16 Å². The summed E-state index contributed by atoms with van der Waals surface area (Å²) in [7, 11) is 0. The first-order chi connectivity index (χ1) is 7.83. The average Bonchev–Trinajstić information content (AvgIpc) is 2.85. The number of benzene rings is 1. The number of nitrogens with zero attached hydrogens (tertiary/aromatic N) is 1. The molecular formula is C12H10ClNO2. The molecule has 0 aliphatic rings. The fourth-order valence-electron chi connectivity index (χ4n) is 1.53. The first-order valence-electron chi connectivity index (χ1n) is 4.87. The molecule has 0 aliphatic heterocycles. The van der Waals surface area contributed by atoms with Gasteiger partial charge in [-0.05, 0) is 5.56 Å². The van der Waals surface area contributed by atoms with Gasteiger partial charge in [0, 0.05) is 6.07 Å². The summed E-state index contributed by atoms with van der Waals surface area (Å²) in [6, 6.07) is 11.1. The Morgan fingerprint density at radius 1 is 1.25 bits per heavy atom. The predicted octanol–water partition coefficient (Wildman–Crippen LogP) is 2.94. The zero-order valence-corrected chi connectivity index (χ0v) is 9.17. The van der Waals surface area contributed by atoms with E-state index in [1.807, 2.05) is 30.3 Å². The number of carbonyl (C=O) groups is 1. The van der Waals surface area contributed by atoms with Crippen LogP contribution in [0.4, 0.5) is 0 Å². The molecule has 1 heterocycles. The first kappa shape index (κ1) is 10.9. The molecule has 1 aromatic heterocycles. The lowest BCUT2D eigenvalue weighted by atomic mass is 9.97. The van der Waals surface area contributed by atoms with Crippen LogP contribution in [0.1, 0.15) is 22.6 Å². The largest absolute Gasteiger partial charge is 0.364 e. The minimum absolute atomic E-state index is 0.427. The van der Waals surface area contributed by atoms with Crippen LogP contribution < -0.4 is 0 Å². The summed E-state index contributed by atoms with van der Waals surface area (Å²) in [4.78, 5) is 11.1. The Hall–Kier alpha value is -1.61. The van der Waals surface area contributed by atoms with Crippen molar-refractivity contribution in [3.05, 3.63) is 53.9 Å². The zero-order chi connectivity index (χ0) is 11.4. The number of halogens is 1. The van der Waals surface area contributed by atoms with Crippen molar-refractivity contribution in [2.75, 3.05) is 0 Å². The molecule has 2 unspecified atom stereocenters. The molecule has 2 aromatic rings. The number of alkyl halides is 1. The molecule has 0 spiro atoms. The molecule has 0 radical (unpaired) electrons. The maximum atomic E-state index is 11.1. The Kier molecular flexibility index (Phi) is 3.37. The highest BCUT2D eigenvalue weighted by molar-refractivity contribution is 6.22. The molecule has 16 heavy (non-hydrogen) atoms. The van der Waals surface area contributed by atoms with E-state index in [2.05, 4.69) is 5.16 Å². The second-order valence-electron chi connectivity index (χ2n) is 3.40. The van der Waals surface area contributed by atoms with Gasteiger partial charge in [0.25, 0.3) is 0 Å². The normalized spacial score (nSPS) is 14.3. The number of aromatic nitrogens is 1. The standard InChI is InChI=1S/C12H10ClNO2/c13-12(9-4-2-1-3-5-9)10(8-15)11-6-7-16-14-11/h1-8,10,12H. The first-order valence-corrected chi connectivity index (χ1v) is 5.31. The zero-order valence-electron chi connectivity index (χ0n) is 8.42. The summed E-state index contributed by atoms with van der Waals surface area (Å²) >= 11 is 6.25. The van der Waals surface area contributed by atoms with E-state index in [0.717, 1.165) is 11.8 Å². The van der Waals surface area contributed by atoms with Gasteiger partial charge in [-0.25, -0.2) is 0 Å². The van der Waals surface area contributed by atoms with Crippen LogP contribution in [0, 0.1) is 0 Å². The molecule has 0 saturated heterocycles. The molecule has 2 atom stereocenters. The van der Waals surface area contributed by atoms with E-state index in [1.165, 1.54) is 6.26 Å². The van der Waals surface area contributed by atoms with E-state index in [0.29, 0.717) is 5.69 Å². The molecule has 0 amide bonds. The molecule has 4 heteroatoms. The minimum atomic E-state index is -0.484. The highest BCUT2D eigenvalue weighted by atomic mass is 35.5. The summed E-state index contributed by atoms with van der Waals surface area (Å²) in [5.74, 6) is -0.484. The van der Waals surface area contributed by atoms with Gasteiger partial charge in [-0.2, -0.15) is 0 Å². The average molecular weight is 236 g/mol. The van der Waals surface area contributed by atoms with Crippen molar-refractivity contribution in [2.24, 2.45) is 0 Å². The lowest BCUT2D eigenvalue weighted by Gasteiger charge is -2.14. The van der Waals surface area contributed by atoms with E-state index >= 15 is 0 Å². The van der Waals surface area contributed by atoms with Crippen LogP contribution in [0.3, 0.4) is 0 Å². The van der Waals surface area contributed by atoms with Gasteiger partial charge < -0.3 is 9.32 Å². The molecule has 1 aromatic carbocycles. The highest BCUT2D eigenvalue weighted by Gasteiger charge is 2.24. The van der Waals surface area contributed by atoms with Crippen molar-refractivity contribution in [2.45, 2.75) is 11.3 Å². The predicted molar refractivity (Wildman–Crippen MR) is 60.3 cm³/mol. The van der Waals surface area contributed by atoms with Crippen molar-refractivity contribution in [3.63, 3.8) is 0 Å². The Morgan fingerprint density at radius 3 is 2.56 bits per heavy atom. The van der Waals surface area contributed by atoms with Crippen molar-refractivity contribution in [1.29, 1.82) is 0 Å². The summed E-state index contributed by atoms with van der Waals surface area (Å²) in [5.41, 5.74) is 1.45. The van der Waals surface area contributed by atoms with Crippen LogP contribution >= 0.6 is 11.6 Å². The summed E-state index contributed by atoms with van der Waals surface area (Å²) in [6.45, 7) is 0. The van der Waals surface area contributed by atoms with Gasteiger partial charge in [0.1, 0.15) is 12.5 Å². The van der Waals surface area contributed by atoms with Crippen molar-refractivity contribution >= 4 is 17.9 Å². The van der Waals surface area contributed by atoms with Crippen molar-refractivity contribution < 1.29 is 9.32 Å². The third-order valence-electron chi connectivity index (χ3n) is 2.38. The second-order valence-corrected chi connectivity index (χ2v) is 3.87. The monoisotopic (exact) mass is 235 g/mol. The Balaban J connectivity index is 2.26. The maximum Gasteiger partial charge on any atom is 0.131 e. The van der Waals surface area contributed by atoms with Crippen molar-refractivity contribution in [3.8, 4) is 0 Å². The Bertz CT molecular complexity index is 441. The number of aldehydes is 1. The van der Waals surface area contributed by atoms with Crippen LogP contribution in [0.25, 0.3) is 0 Å². The van der Waals surface area contributed by atoms with Crippen LogP contribution in [0.2, 0.25) is 0 Å². The van der Waals surface area contributed by atoms with Gasteiger partial charge in [-0.3, -0.25) is 0 Å². The van der Waals surface area contributed by atoms with E-state index < -0.39 is 11.3 Å². The lowest BCUT2D eigenvalue weighted by Crippen LogP contribution is -2.08. The van der Waals surface area contributed by atoms with Gasteiger partial charge in [-0.15, -0.1) is 11.6 Å². The number of hydrogen-bond donors (Lipinski definition) is 0. The third-order valence-corrected chi connectivity index (χ3v) is 2.90. The summed E-state index contributed by atoms with van der Waals surface area (Å²) < 4.78 is 4.72. The number of rotatable bonds is 4. The minimum Gasteiger partial charge on any atom is -0.364 e. The summed E-state index contributed by atoms with van der Waals surface area (Å²) in [6.07, 6.45) is 2.23. The third kappa shape index (κ3) is 2.14. The molecule has 2 rings (SSSR count). The molecule has 3 nitrogen and oxygen atoms in total. The van der Waals surface area contributed by atoms with E-state index in [1.54, 1.807) is 6.07 Å². The Morgan fingerprint density at radius 2 is 2.00 bits per heavy atom.